The fourth-order valence-electron chi connectivity index (χ4n) is 4.22. The van der Waals surface area contributed by atoms with E-state index < -0.39 is 17.8 Å². The third-order valence-electron chi connectivity index (χ3n) is 6.32. The Balaban J connectivity index is 1.36. The van der Waals surface area contributed by atoms with Crippen molar-refractivity contribution in [3.05, 3.63) is 123 Å². The van der Waals surface area contributed by atoms with Crippen LogP contribution in [0.5, 0.6) is 17.2 Å². The van der Waals surface area contributed by atoms with Gasteiger partial charge in [-0.1, -0.05) is 63.9 Å². The van der Waals surface area contributed by atoms with E-state index in [1.807, 2.05) is 48.5 Å². The van der Waals surface area contributed by atoms with Crippen LogP contribution in [0.3, 0.4) is 0 Å². The highest BCUT2D eigenvalue weighted by atomic mass is 79.9. The van der Waals surface area contributed by atoms with Gasteiger partial charge in [0.2, 0.25) is 0 Å². The Hall–Kier alpha value is -4.60. The number of halogens is 2. The number of hydrogen-bond donors (Lipinski definition) is 1. The van der Waals surface area contributed by atoms with Crippen molar-refractivity contribution in [2.45, 2.75) is 13.2 Å². The summed E-state index contributed by atoms with van der Waals surface area (Å²) in [6.07, 6.45) is 1.36. The second-order valence-electron chi connectivity index (χ2n) is 9.16. The van der Waals surface area contributed by atoms with Crippen molar-refractivity contribution in [2.24, 2.45) is 0 Å². The Morgan fingerprint density at radius 3 is 2.24 bits per heavy atom. The van der Waals surface area contributed by atoms with E-state index in [1.54, 1.807) is 49.6 Å². The largest absolute Gasteiger partial charge is 0.493 e. The molecule has 5 rings (SSSR count). The van der Waals surface area contributed by atoms with Crippen molar-refractivity contribution >= 4 is 57.1 Å². The monoisotopic (exact) mass is 646 g/mol. The van der Waals surface area contributed by atoms with Crippen LogP contribution in [0.2, 0.25) is 5.02 Å². The Morgan fingerprint density at radius 2 is 1.50 bits per heavy atom. The number of urea groups is 1. The molecule has 0 aliphatic carbocycles. The maximum Gasteiger partial charge on any atom is 0.335 e. The summed E-state index contributed by atoms with van der Waals surface area (Å²) >= 11 is 9.58. The average Bonchev–Trinajstić information content (AvgIpc) is 2.99. The molecular formula is C32H24BrClN2O6. The molecule has 0 aromatic heterocycles. The van der Waals surface area contributed by atoms with E-state index in [0.717, 1.165) is 20.5 Å². The SMILES string of the molecule is COc1cc(COc2ccc(Cl)cc2/C=C2\C(=O)NC(=O)N(c3ccc(Br)cc3)C2=O)ccc1OCc1ccccc1. The molecule has 4 aromatic carbocycles. The van der Waals surface area contributed by atoms with Crippen molar-refractivity contribution in [1.82, 2.24) is 5.32 Å². The number of nitrogens with zero attached hydrogens (tertiary/aromatic N) is 1. The van der Waals surface area contributed by atoms with E-state index in [4.69, 9.17) is 25.8 Å². The number of imide groups is 2. The fourth-order valence-corrected chi connectivity index (χ4v) is 4.66. The minimum Gasteiger partial charge on any atom is -0.493 e. The Morgan fingerprint density at radius 1 is 0.810 bits per heavy atom. The Bertz CT molecular complexity index is 1670. The highest BCUT2D eigenvalue weighted by Gasteiger charge is 2.37. The molecule has 10 heteroatoms. The van der Waals surface area contributed by atoms with E-state index in [2.05, 4.69) is 21.2 Å². The second-order valence-corrected chi connectivity index (χ2v) is 10.5. The first-order valence-corrected chi connectivity index (χ1v) is 13.9. The van der Waals surface area contributed by atoms with Gasteiger partial charge in [0.25, 0.3) is 11.8 Å². The number of barbiturate groups is 1. The van der Waals surface area contributed by atoms with Crippen LogP contribution in [0.25, 0.3) is 6.08 Å². The van der Waals surface area contributed by atoms with Gasteiger partial charge in [-0.3, -0.25) is 14.9 Å². The molecule has 0 radical (unpaired) electrons. The van der Waals surface area contributed by atoms with Gasteiger partial charge in [0.15, 0.2) is 11.5 Å². The summed E-state index contributed by atoms with van der Waals surface area (Å²) in [6.45, 7) is 0.545. The van der Waals surface area contributed by atoms with Crippen LogP contribution in [-0.4, -0.2) is 25.0 Å². The molecule has 4 aromatic rings. The predicted octanol–water partition coefficient (Wildman–Crippen LogP) is 6.94. The molecule has 8 nitrogen and oxygen atoms in total. The molecule has 42 heavy (non-hydrogen) atoms. The Kier molecular flexibility index (Phi) is 8.90. The first kappa shape index (κ1) is 28.9. The van der Waals surface area contributed by atoms with Gasteiger partial charge in [-0.15, -0.1) is 0 Å². The van der Waals surface area contributed by atoms with E-state index >= 15 is 0 Å². The minimum absolute atomic E-state index is 0.150. The molecule has 1 aliphatic heterocycles. The number of hydrogen-bond acceptors (Lipinski definition) is 6. The molecule has 1 fully saturated rings. The third kappa shape index (κ3) is 6.64. The third-order valence-corrected chi connectivity index (χ3v) is 7.08. The number of anilines is 1. The van der Waals surface area contributed by atoms with Crippen LogP contribution >= 0.6 is 27.5 Å². The number of carbonyl (C=O) groups is 3. The summed E-state index contributed by atoms with van der Waals surface area (Å²) in [5.74, 6) is -0.0720. The summed E-state index contributed by atoms with van der Waals surface area (Å²) in [4.78, 5) is 39.5. The molecule has 1 aliphatic rings. The van der Waals surface area contributed by atoms with Gasteiger partial charge >= 0.3 is 6.03 Å². The van der Waals surface area contributed by atoms with Crippen molar-refractivity contribution in [3.63, 3.8) is 0 Å². The molecular weight excluding hydrogens is 624 g/mol. The summed E-state index contributed by atoms with van der Waals surface area (Å²) in [7, 11) is 1.56. The predicted molar refractivity (Wildman–Crippen MR) is 163 cm³/mol. The maximum absolute atomic E-state index is 13.3. The van der Waals surface area contributed by atoms with Crippen LogP contribution in [0, 0.1) is 0 Å². The van der Waals surface area contributed by atoms with E-state index in [1.165, 1.54) is 6.08 Å². The summed E-state index contributed by atoms with van der Waals surface area (Å²) in [5, 5.41) is 2.60. The zero-order valence-corrected chi connectivity index (χ0v) is 24.6. The van der Waals surface area contributed by atoms with Crippen LogP contribution in [0.1, 0.15) is 16.7 Å². The summed E-state index contributed by atoms with van der Waals surface area (Å²) in [5.41, 5.74) is 2.29. The molecule has 1 N–H and O–H groups in total. The van der Waals surface area contributed by atoms with Gasteiger partial charge in [-0.2, -0.15) is 0 Å². The highest BCUT2D eigenvalue weighted by molar-refractivity contribution is 9.10. The summed E-state index contributed by atoms with van der Waals surface area (Å²) < 4.78 is 18.3. The zero-order chi connectivity index (χ0) is 29.6. The molecule has 4 amide bonds. The van der Waals surface area contributed by atoms with E-state index in [0.29, 0.717) is 40.1 Å². The highest BCUT2D eigenvalue weighted by Crippen LogP contribution is 2.32. The molecule has 0 spiro atoms. The lowest BCUT2D eigenvalue weighted by Crippen LogP contribution is -2.54. The molecule has 1 heterocycles. The van der Waals surface area contributed by atoms with Crippen molar-refractivity contribution in [3.8, 4) is 17.2 Å². The first-order valence-electron chi connectivity index (χ1n) is 12.8. The van der Waals surface area contributed by atoms with Crippen LogP contribution in [0.15, 0.2) is 101 Å². The second kappa shape index (κ2) is 12.9. The smallest absolute Gasteiger partial charge is 0.335 e. The number of amides is 4. The molecule has 0 unspecified atom stereocenters. The normalized spacial score (nSPS) is 14.1. The van der Waals surface area contributed by atoms with Gasteiger partial charge < -0.3 is 14.2 Å². The lowest BCUT2D eigenvalue weighted by atomic mass is 10.1. The van der Waals surface area contributed by atoms with Crippen molar-refractivity contribution in [1.29, 1.82) is 0 Å². The van der Waals surface area contributed by atoms with Crippen LogP contribution < -0.4 is 24.4 Å². The molecule has 0 atom stereocenters. The standard InChI is InChI=1S/C32H24BrClN2O6/c1-40-29-15-21(7-13-28(29)42-18-20-5-3-2-4-6-20)19-41-27-14-10-24(34)16-22(27)17-26-30(37)35-32(39)36(31(26)38)25-11-8-23(33)9-12-25/h2-17H,18-19H2,1H3,(H,35,37,39)/b26-17+. The minimum atomic E-state index is -0.836. The van der Waals surface area contributed by atoms with E-state index in [9.17, 15) is 14.4 Å². The number of carbonyl (C=O) groups excluding carboxylic acids is 3. The van der Waals surface area contributed by atoms with Gasteiger partial charge in [0.05, 0.1) is 12.8 Å². The zero-order valence-electron chi connectivity index (χ0n) is 22.3. The lowest BCUT2D eigenvalue weighted by molar-refractivity contribution is -0.122. The van der Waals surface area contributed by atoms with Gasteiger partial charge in [0, 0.05) is 15.1 Å². The van der Waals surface area contributed by atoms with Gasteiger partial charge in [0.1, 0.15) is 24.5 Å². The van der Waals surface area contributed by atoms with E-state index in [-0.39, 0.29) is 12.2 Å². The number of ether oxygens (including phenoxy) is 3. The number of nitrogens with one attached hydrogen (secondary N) is 1. The topological polar surface area (TPSA) is 94.2 Å². The molecule has 0 bridgehead atoms. The lowest BCUT2D eigenvalue weighted by Gasteiger charge is -2.26. The Labute approximate surface area is 255 Å². The number of methoxy groups -OCH3 is 1. The number of benzene rings is 4. The molecule has 212 valence electrons. The van der Waals surface area contributed by atoms with Gasteiger partial charge in [-0.25, -0.2) is 9.69 Å². The first-order chi connectivity index (χ1) is 20.3. The average molecular weight is 648 g/mol. The number of rotatable bonds is 9. The molecule has 0 saturated carbocycles. The van der Waals surface area contributed by atoms with Crippen LogP contribution in [0.4, 0.5) is 10.5 Å². The van der Waals surface area contributed by atoms with Gasteiger partial charge in [-0.05, 0) is 71.8 Å². The molecule has 1 saturated heterocycles. The van der Waals surface area contributed by atoms with Crippen LogP contribution in [-0.2, 0) is 22.8 Å². The van der Waals surface area contributed by atoms with Crippen molar-refractivity contribution in [2.75, 3.05) is 12.0 Å². The fraction of sp³-hybridized carbons (Fsp3) is 0.0938. The quantitative estimate of drug-likeness (QED) is 0.156. The summed E-state index contributed by atoms with van der Waals surface area (Å²) in [6, 6.07) is 25.9. The van der Waals surface area contributed by atoms with Crippen molar-refractivity contribution < 1.29 is 28.6 Å². The maximum atomic E-state index is 13.3.